The first-order valence-corrected chi connectivity index (χ1v) is 6.19. The molecule has 0 unspecified atom stereocenters. The van der Waals surface area contributed by atoms with Crippen LogP contribution in [0.15, 0.2) is 36.4 Å². The fraction of sp³-hybridized carbons (Fsp3) is 0.267. The van der Waals surface area contributed by atoms with Gasteiger partial charge in [0.25, 0.3) is 0 Å². The van der Waals surface area contributed by atoms with E-state index in [2.05, 4.69) is 40.3 Å². The van der Waals surface area contributed by atoms with Gasteiger partial charge < -0.3 is 10.2 Å². The number of aryl methyl sites for hydroxylation is 1. The number of halogens is 1. The highest BCUT2D eigenvalue weighted by Gasteiger charge is 2.02. The first kappa shape index (κ1) is 13.3. The minimum Gasteiger partial charge on any atom is -0.378 e. The molecule has 0 amide bonds. The van der Waals surface area contributed by atoms with E-state index in [1.54, 1.807) is 12.1 Å². The van der Waals surface area contributed by atoms with Gasteiger partial charge in [-0.1, -0.05) is 12.1 Å². The van der Waals surface area contributed by atoms with E-state index in [1.807, 2.05) is 14.1 Å². The molecule has 100 valence electrons. The second kappa shape index (κ2) is 5.69. The fourth-order valence-corrected chi connectivity index (χ4v) is 1.85. The van der Waals surface area contributed by atoms with Crippen LogP contribution in [0.5, 0.6) is 0 Å². The van der Waals surface area contributed by atoms with Gasteiger partial charge in [0.2, 0.25) is 5.95 Å². The molecule has 1 heterocycles. The van der Waals surface area contributed by atoms with Gasteiger partial charge in [0.05, 0.1) is 0 Å². The SMILES string of the molecule is Cc1cc(N(C)C)ccc1CNc1cccc(F)n1. The van der Waals surface area contributed by atoms with Crippen LogP contribution < -0.4 is 10.2 Å². The van der Waals surface area contributed by atoms with Gasteiger partial charge in [-0.2, -0.15) is 4.39 Å². The van der Waals surface area contributed by atoms with Crippen molar-refractivity contribution in [3.63, 3.8) is 0 Å². The molecule has 2 rings (SSSR count). The molecule has 4 heteroatoms. The second-order valence-corrected chi connectivity index (χ2v) is 4.70. The van der Waals surface area contributed by atoms with Crippen LogP contribution in [0.4, 0.5) is 15.9 Å². The molecule has 2 aromatic rings. The summed E-state index contributed by atoms with van der Waals surface area (Å²) in [4.78, 5) is 5.85. The van der Waals surface area contributed by atoms with E-state index in [0.717, 1.165) is 0 Å². The Morgan fingerprint density at radius 2 is 2.00 bits per heavy atom. The molecule has 0 saturated carbocycles. The normalized spacial score (nSPS) is 10.3. The summed E-state index contributed by atoms with van der Waals surface area (Å²) in [7, 11) is 4.03. The Labute approximate surface area is 113 Å². The van der Waals surface area contributed by atoms with Crippen molar-refractivity contribution in [1.29, 1.82) is 0 Å². The minimum absolute atomic E-state index is 0.468. The zero-order valence-electron chi connectivity index (χ0n) is 11.4. The van der Waals surface area contributed by atoms with E-state index in [1.165, 1.54) is 22.9 Å². The van der Waals surface area contributed by atoms with Crippen molar-refractivity contribution in [1.82, 2.24) is 4.98 Å². The summed E-state index contributed by atoms with van der Waals surface area (Å²) < 4.78 is 13.0. The molecule has 3 nitrogen and oxygen atoms in total. The number of nitrogens with zero attached hydrogens (tertiary/aromatic N) is 2. The maximum absolute atomic E-state index is 13.0. The van der Waals surface area contributed by atoms with Crippen molar-refractivity contribution in [2.45, 2.75) is 13.5 Å². The van der Waals surface area contributed by atoms with Crippen LogP contribution in [0, 0.1) is 12.9 Å². The summed E-state index contributed by atoms with van der Waals surface area (Å²) in [5, 5.41) is 3.13. The highest BCUT2D eigenvalue weighted by Crippen LogP contribution is 2.18. The molecule has 0 fully saturated rings. The molecule has 0 aliphatic rings. The van der Waals surface area contributed by atoms with Crippen molar-refractivity contribution in [3.8, 4) is 0 Å². The lowest BCUT2D eigenvalue weighted by molar-refractivity contribution is 0.585. The van der Waals surface area contributed by atoms with E-state index < -0.39 is 5.95 Å². The van der Waals surface area contributed by atoms with Gasteiger partial charge in [0.1, 0.15) is 5.82 Å². The average Bonchev–Trinajstić information content (AvgIpc) is 2.37. The van der Waals surface area contributed by atoms with Gasteiger partial charge in [-0.05, 0) is 42.3 Å². The van der Waals surface area contributed by atoms with Gasteiger partial charge in [0.15, 0.2) is 0 Å². The monoisotopic (exact) mass is 259 g/mol. The standard InChI is InChI=1S/C15H18FN3/c1-11-9-13(19(2)3)8-7-12(11)10-17-15-6-4-5-14(16)18-15/h4-9H,10H2,1-3H3,(H,17,18). The number of hydrogen-bond donors (Lipinski definition) is 1. The van der Waals surface area contributed by atoms with E-state index in [-0.39, 0.29) is 0 Å². The number of hydrogen-bond acceptors (Lipinski definition) is 3. The third-order valence-electron chi connectivity index (χ3n) is 3.02. The maximum Gasteiger partial charge on any atom is 0.214 e. The van der Waals surface area contributed by atoms with Gasteiger partial charge >= 0.3 is 0 Å². The van der Waals surface area contributed by atoms with E-state index >= 15 is 0 Å². The van der Waals surface area contributed by atoms with Gasteiger partial charge in [0, 0.05) is 26.3 Å². The molecule has 1 aromatic heterocycles. The maximum atomic E-state index is 13.0. The Hall–Kier alpha value is -2.10. The molecular formula is C15H18FN3. The van der Waals surface area contributed by atoms with Gasteiger partial charge in [-0.15, -0.1) is 0 Å². The molecule has 19 heavy (non-hydrogen) atoms. The van der Waals surface area contributed by atoms with Crippen molar-refractivity contribution < 1.29 is 4.39 Å². The van der Waals surface area contributed by atoms with Crippen molar-refractivity contribution in [2.24, 2.45) is 0 Å². The lowest BCUT2D eigenvalue weighted by atomic mass is 10.1. The van der Waals surface area contributed by atoms with Gasteiger partial charge in [-0.3, -0.25) is 0 Å². The third kappa shape index (κ3) is 3.44. The lowest BCUT2D eigenvalue weighted by Gasteiger charge is -2.15. The molecule has 0 spiro atoms. The van der Waals surface area contributed by atoms with Crippen LogP contribution in [0.2, 0.25) is 0 Å². The van der Waals surface area contributed by atoms with E-state index in [0.29, 0.717) is 12.4 Å². The highest BCUT2D eigenvalue weighted by atomic mass is 19.1. The number of pyridine rings is 1. The zero-order valence-corrected chi connectivity index (χ0v) is 11.4. The summed E-state index contributed by atoms with van der Waals surface area (Å²) in [5.41, 5.74) is 3.55. The molecule has 0 saturated heterocycles. The third-order valence-corrected chi connectivity index (χ3v) is 3.02. The summed E-state index contributed by atoms with van der Waals surface area (Å²) in [6.07, 6.45) is 0. The second-order valence-electron chi connectivity index (χ2n) is 4.70. The van der Waals surface area contributed by atoms with Crippen molar-refractivity contribution in [2.75, 3.05) is 24.3 Å². The molecule has 0 radical (unpaired) electrons. The number of aromatic nitrogens is 1. The fourth-order valence-electron chi connectivity index (χ4n) is 1.85. The molecular weight excluding hydrogens is 241 g/mol. The lowest BCUT2D eigenvalue weighted by Crippen LogP contribution is -2.10. The van der Waals surface area contributed by atoms with Gasteiger partial charge in [-0.25, -0.2) is 4.98 Å². The molecule has 0 atom stereocenters. The molecule has 0 bridgehead atoms. The van der Waals surface area contributed by atoms with Crippen LogP contribution in [0.25, 0.3) is 0 Å². The number of rotatable bonds is 4. The molecule has 0 aliphatic heterocycles. The smallest absolute Gasteiger partial charge is 0.214 e. The Balaban J connectivity index is 2.07. The van der Waals surface area contributed by atoms with Crippen LogP contribution in [0.1, 0.15) is 11.1 Å². The Morgan fingerprint density at radius 1 is 1.21 bits per heavy atom. The summed E-state index contributed by atoms with van der Waals surface area (Å²) in [6, 6.07) is 11.0. The quantitative estimate of drug-likeness (QED) is 0.855. The zero-order chi connectivity index (χ0) is 13.8. The summed E-state index contributed by atoms with van der Waals surface area (Å²) >= 11 is 0. The summed E-state index contributed by atoms with van der Waals surface area (Å²) in [6.45, 7) is 2.71. The van der Waals surface area contributed by atoms with Crippen LogP contribution in [-0.4, -0.2) is 19.1 Å². The van der Waals surface area contributed by atoms with Crippen molar-refractivity contribution in [3.05, 3.63) is 53.5 Å². The Kier molecular flexibility index (Phi) is 4.00. The Morgan fingerprint density at radius 3 is 2.63 bits per heavy atom. The minimum atomic E-state index is -0.468. The number of benzene rings is 1. The number of nitrogens with one attached hydrogen (secondary N) is 1. The van der Waals surface area contributed by atoms with Crippen molar-refractivity contribution >= 4 is 11.5 Å². The van der Waals surface area contributed by atoms with E-state index in [9.17, 15) is 4.39 Å². The number of anilines is 2. The predicted octanol–water partition coefficient (Wildman–Crippen LogP) is 3.21. The van der Waals surface area contributed by atoms with Crippen LogP contribution in [0.3, 0.4) is 0 Å². The topological polar surface area (TPSA) is 28.2 Å². The first-order valence-electron chi connectivity index (χ1n) is 6.19. The Bertz CT molecular complexity index is 567. The molecule has 0 aliphatic carbocycles. The first-order chi connectivity index (χ1) is 9.06. The predicted molar refractivity (Wildman–Crippen MR) is 77.0 cm³/mol. The van der Waals surface area contributed by atoms with E-state index in [4.69, 9.17) is 0 Å². The summed E-state index contributed by atoms with van der Waals surface area (Å²) in [5.74, 6) is 0.0840. The van der Waals surface area contributed by atoms with Crippen LogP contribution >= 0.6 is 0 Å². The van der Waals surface area contributed by atoms with Crippen LogP contribution in [-0.2, 0) is 6.54 Å². The molecule has 1 N–H and O–H groups in total. The average molecular weight is 259 g/mol. The highest BCUT2D eigenvalue weighted by molar-refractivity contribution is 5.50. The molecule has 1 aromatic carbocycles. The largest absolute Gasteiger partial charge is 0.378 e.